The lowest BCUT2D eigenvalue weighted by atomic mass is 10.1. The minimum Gasteiger partial charge on any atom is -0.446 e. The first-order valence-corrected chi connectivity index (χ1v) is 13.7. The third-order valence-corrected chi connectivity index (χ3v) is 8.80. The van der Waals surface area contributed by atoms with Crippen molar-refractivity contribution in [3.8, 4) is 11.3 Å². The quantitative estimate of drug-likeness (QED) is 0.388. The van der Waals surface area contributed by atoms with Crippen molar-refractivity contribution < 1.29 is 26.6 Å². The smallest absolute Gasteiger partial charge is 0.446 e. The van der Waals surface area contributed by atoms with Gasteiger partial charge in [0, 0.05) is 59.9 Å². The van der Waals surface area contributed by atoms with Gasteiger partial charge in [-0.1, -0.05) is 18.2 Å². The van der Waals surface area contributed by atoms with Crippen LogP contribution in [0.1, 0.15) is 24.2 Å². The molecular formula is C24H20F3N5O3S2. The fraction of sp³-hybridized carbons (Fsp3) is 0.250. The van der Waals surface area contributed by atoms with E-state index in [1.807, 2.05) is 18.2 Å². The van der Waals surface area contributed by atoms with Gasteiger partial charge in [0.15, 0.2) is 8.68 Å². The molecule has 0 bridgehead atoms. The number of amides is 1. The summed E-state index contributed by atoms with van der Waals surface area (Å²) < 4.78 is 59.1. The van der Waals surface area contributed by atoms with Crippen LogP contribution >= 0.6 is 0 Å². The van der Waals surface area contributed by atoms with Gasteiger partial charge >= 0.3 is 6.18 Å². The van der Waals surface area contributed by atoms with Gasteiger partial charge in [0.05, 0.1) is 5.69 Å². The molecule has 13 heteroatoms. The SMILES string of the molecule is O=C(NCc1ccnc(-c2cnc(C(F)(F)F)nc2)c1)[C@@H]1CCCN1S(=O)(=S)c1cc2ccccc2o1. The number of nitrogens with one attached hydrogen (secondary N) is 1. The molecule has 192 valence electrons. The van der Waals surface area contributed by atoms with Gasteiger partial charge < -0.3 is 9.73 Å². The Morgan fingerprint density at radius 3 is 2.65 bits per heavy atom. The van der Waals surface area contributed by atoms with Crippen LogP contribution in [0.2, 0.25) is 0 Å². The number of furan rings is 1. The highest BCUT2D eigenvalue weighted by molar-refractivity contribution is 8.31. The molecule has 1 N–H and O–H groups in total. The van der Waals surface area contributed by atoms with Crippen molar-refractivity contribution in [1.29, 1.82) is 0 Å². The molecule has 37 heavy (non-hydrogen) atoms. The normalized spacial score (nSPS) is 18.1. The maximum atomic E-state index is 13.6. The van der Waals surface area contributed by atoms with Gasteiger partial charge in [-0.25, -0.2) is 18.5 Å². The number of nitrogens with zero attached hydrogens (tertiary/aromatic N) is 4. The van der Waals surface area contributed by atoms with E-state index < -0.39 is 26.7 Å². The third kappa shape index (κ3) is 5.20. The van der Waals surface area contributed by atoms with Crippen LogP contribution in [0.25, 0.3) is 22.2 Å². The van der Waals surface area contributed by atoms with Crippen LogP contribution in [0, 0.1) is 0 Å². The summed E-state index contributed by atoms with van der Waals surface area (Å²) >= 11 is 5.48. The molecule has 1 unspecified atom stereocenters. The molecule has 1 aromatic carbocycles. The minimum atomic E-state index is -4.63. The van der Waals surface area contributed by atoms with E-state index in [4.69, 9.17) is 15.6 Å². The second-order valence-corrected chi connectivity index (χ2v) is 11.6. The van der Waals surface area contributed by atoms with E-state index in [1.54, 1.807) is 24.3 Å². The van der Waals surface area contributed by atoms with Crippen LogP contribution in [0.4, 0.5) is 13.2 Å². The Morgan fingerprint density at radius 1 is 1.16 bits per heavy atom. The molecule has 4 heterocycles. The zero-order valence-electron chi connectivity index (χ0n) is 19.1. The summed E-state index contributed by atoms with van der Waals surface area (Å²) in [5.41, 5.74) is 1.91. The molecule has 1 fully saturated rings. The van der Waals surface area contributed by atoms with E-state index in [9.17, 15) is 22.2 Å². The molecule has 0 radical (unpaired) electrons. The van der Waals surface area contributed by atoms with Gasteiger partial charge in [-0.05, 0) is 36.6 Å². The van der Waals surface area contributed by atoms with Crippen LogP contribution in [-0.4, -0.2) is 42.0 Å². The number of hydrogen-bond donors (Lipinski definition) is 1. The average Bonchev–Trinajstić information content (AvgIpc) is 3.55. The molecule has 1 amide bonds. The largest absolute Gasteiger partial charge is 0.451 e. The van der Waals surface area contributed by atoms with E-state index in [-0.39, 0.29) is 17.5 Å². The van der Waals surface area contributed by atoms with Crippen molar-refractivity contribution in [3.05, 3.63) is 72.4 Å². The molecule has 1 aliphatic rings. The first-order valence-electron chi connectivity index (χ1n) is 11.3. The lowest BCUT2D eigenvalue weighted by molar-refractivity contribution is -0.145. The predicted octanol–water partition coefficient (Wildman–Crippen LogP) is 4.10. The van der Waals surface area contributed by atoms with Crippen LogP contribution < -0.4 is 5.32 Å². The topological polar surface area (TPSA) is 101 Å². The number of rotatable bonds is 6. The Hall–Kier alpha value is -3.42. The molecule has 0 saturated carbocycles. The Labute approximate surface area is 214 Å². The molecule has 3 aromatic heterocycles. The van der Waals surface area contributed by atoms with Crippen LogP contribution in [0.3, 0.4) is 0 Å². The maximum Gasteiger partial charge on any atom is 0.451 e. The summed E-state index contributed by atoms with van der Waals surface area (Å²) in [4.78, 5) is 23.9. The standard InChI is InChI=1S/C24H20F3N5O3S2/c25-24(26,27)23-30-13-17(14-31-23)18-10-15(7-8-28-18)12-29-22(33)19-5-3-9-32(19)37(34,36)21-11-16-4-1-2-6-20(16)35-21/h1-2,4,6-8,10-11,13-14,19H,3,5,9,12H2,(H,29,33)/t19-,37?/m0/s1. The Bertz CT molecular complexity index is 1520. The first kappa shape index (κ1) is 25.2. The fourth-order valence-corrected chi connectivity index (χ4v) is 6.54. The number of para-hydroxylation sites is 1. The lowest BCUT2D eigenvalue weighted by Crippen LogP contribution is -2.45. The number of carbonyl (C=O) groups excluding carboxylic acids is 1. The van der Waals surface area contributed by atoms with Crippen LogP contribution in [0.15, 0.2) is 70.6 Å². The molecule has 2 atom stereocenters. The Balaban J connectivity index is 1.28. The summed E-state index contributed by atoms with van der Waals surface area (Å²) in [5, 5.41) is 3.77. The Kier molecular flexibility index (Phi) is 6.68. The number of hydrogen-bond acceptors (Lipinski definition) is 7. The van der Waals surface area contributed by atoms with Crippen LogP contribution in [0.5, 0.6) is 0 Å². The summed E-state index contributed by atoms with van der Waals surface area (Å²) in [6, 6.07) is 11.5. The number of fused-ring (bicyclic) bond motifs is 1. The van der Waals surface area contributed by atoms with Crippen molar-refractivity contribution in [3.63, 3.8) is 0 Å². The highest BCUT2D eigenvalue weighted by atomic mass is 32.8. The molecule has 4 aromatic rings. The fourth-order valence-electron chi connectivity index (χ4n) is 4.15. The highest BCUT2D eigenvalue weighted by Crippen LogP contribution is 2.31. The molecular weight excluding hydrogens is 527 g/mol. The molecule has 8 nitrogen and oxygen atoms in total. The number of carbonyl (C=O) groups is 1. The Morgan fingerprint density at radius 2 is 1.92 bits per heavy atom. The first-order chi connectivity index (χ1) is 17.6. The molecule has 0 aliphatic carbocycles. The number of aromatic nitrogens is 3. The zero-order valence-corrected chi connectivity index (χ0v) is 20.8. The second kappa shape index (κ2) is 9.80. The molecule has 5 rings (SSSR count). The molecule has 1 saturated heterocycles. The lowest BCUT2D eigenvalue weighted by Gasteiger charge is -2.24. The highest BCUT2D eigenvalue weighted by Gasteiger charge is 2.38. The predicted molar refractivity (Wildman–Crippen MR) is 132 cm³/mol. The van der Waals surface area contributed by atoms with E-state index in [2.05, 4.69) is 20.3 Å². The number of halogens is 3. The average molecular weight is 548 g/mol. The van der Waals surface area contributed by atoms with Gasteiger partial charge in [-0.3, -0.25) is 9.78 Å². The van der Waals surface area contributed by atoms with E-state index in [0.29, 0.717) is 41.8 Å². The monoisotopic (exact) mass is 547 g/mol. The van der Waals surface area contributed by atoms with Crippen molar-refractivity contribution >= 4 is 36.7 Å². The summed E-state index contributed by atoms with van der Waals surface area (Å²) in [5.74, 6) is -1.57. The van der Waals surface area contributed by atoms with Crippen molar-refractivity contribution in [2.45, 2.75) is 36.7 Å². The van der Waals surface area contributed by atoms with Crippen molar-refractivity contribution in [2.75, 3.05) is 6.54 Å². The molecule has 1 aliphatic heterocycles. The van der Waals surface area contributed by atoms with Gasteiger partial charge in [0.1, 0.15) is 11.6 Å². The van der Waals surface area contributed by atoms with E-state index in [0.717, 1.165) is 17.8 Å². The minimum absolute atomic E-state index is 0.128. The van der Waals surface area contributed by atoms with E-state index in [1.165, 1.54) is 10.5 Å². The molecule has 0 spiro atoms. The number of benzene rings is 1. The number of alkyl halides is 3. The van der Waals surface area contributed by atoms with Crippen LogP contribution in [-0.2, 0) is 37.4 Å². The van der Waals surface area contributed by atoms with Gasteiger partial charge in [0.25, 0.3) is 0 Å². The summed E-state index contributed by atoms with van der Waals surface area (Å²) in [6.07, 6.45) is 0.0901. The van der Waals surface area contributed by atoms with Crippen molar-refractivity contribution in [2.24, 2.45) is 0 Å². The number of pyridine rings is 1. The summed E-state index contributed by atoms with van der Waals surface area (Å²) in [7, 11) is -3.20. The summed E-state index contributed by atoms with van der Waals surface area (Å²) in [6.45, 7) is 0.522. The van der Waals surface area contributed by atoms with E-state index >= 15 is 0 Å². The zero-order chi connectivity index (χ0) is 26.2. The second-order valence-electron chi connectivity index (χ2n) is 8.44. The van der Waals surface area contributed by atoms with Crippen molar-refractivity contribution in [1.82, 2.24) is 24.6 Å². The van der Waals surface area contributed by atoms with Gasteiger partial charge in [-0.2, -0.15) is 13.2 Å². The maximum absolute atomic E-state index is 13.6. The van der Waals surface area contributed by atoms with Gasteiger partial charge in [0.2, 0.25) is 16.8 Å². The van der Waals surface area contributed by atoms with Gasteiger partial charge in [-0.15, -0.1) is 0 Å². The third-order valence-electron chi connectivity index (χ3n) is 5.96.